The van der Waals surface area contributed by atoms with Crippen LogP contribution in [0.5, 0.6) is 5.75 Å². The van der Waals surface area contributed by atoms with E-state index in [1.54, 1.807) is 17.3 Å². The Balaban J connectivity index is 1.30. The van der Waals surface area contributed by atoms with Crippen molar-refractivity contribution in [2.75, 3.05) is 25.0 Å². The number of rotatable bonds is 6. The summed E-state index contributed by atoms with van der Waals surface area (Å²) in [6.07, 6.45) is 2.78. The molecule has 1 atom stereocenters. The number of benzene rings is 2. The van der Waals surface area contributed by atoms with Crippen LogP contribution in [0.15, 0.2) is 67.0 Å². The zero-order valence-corrected chi connectivity index (χ0v) is 19.7. The van der Waals surface area contributed by atoms with Crippen molar-refractivity contribution in [3.05, 3.63) is 78.1 Å². The summed E-state index contributed by atoms with van der Waals surface area (Å²) >= 11 is 0. The molecule has 178 valence electrons. The molecule has 4 rings (SSSR count). The van der Waals surface area contributed by atoms with Crippen molar-refractivity contribution in [1.82, 2.24) is 14.9 Å². The Bertz CT molecular complexity index is 1070. The summed E-state index contributed by atoms with van der Waals surface area (Å²) < 4.78 is 17.1. The van der Waals surface area contributed by atoms with Crippen LogP contribution < -0.4 is 10.1 Å². The minimum absolute atomic E-state index is 0.201. The van der Waals surface area contributed by atoms with Gasteiger partial charge in [-0.15, -0.1) is 0 Å². The number of ether oxygens (including phenoxy) is 3. The van der Waals surface area contributed by atoms with Crippen LogP contribution in [0.3, 0.4) is 0 Å². The van der Waals surface area contributed by atoms with Gasteiger partial charge in [0.25, 0.3) is 0 Å². The Morgan fingerprint density at radius 2 is 1.79 bits per heavy atom. The quantitative estimate of drug-likeness (QED) is 0.545. The van der Waals surface area contributed by atoms with Gasteiger partial charge in [-0.05, 0) is 44.0 Å². The molecule has 34 heavy (non-hydrogen) atoms. The summed E-state index contributed by atoms with van der Waals surface area (Å²) in [4.78, 5) is 22.7. The molecular weight excluding hydrogens is 432 g/mol. The van der Waals surface area contributed by atoms with Crippen LogP contribution in [0.4, 0.5) is 16.4 Å². The molecule has 0 aliphatic carbocycles. The first-order valence-corrected chi connectivity index (χ1v) is 11.3. The van der Waals surface area contributed by atoms with Gasteiger partial charge in [0.05, 0.1) is 25.5 Å². The van der Waals surface area contributed by atoms with E-state index >= 15 is 0 Å². The van der Waals surface area contributed by atoms with Gasteiger partial charge < -0.3 is 24.4 Å². The minimum atomic E-state index is -0.521. The predicted octanol–water partition coefficient (Wildman–Crippen LogP) is 5.11. The van der Waals surface area contributed by atoms with Crippen molar-refractivity contribution in [2.24, 2.45) is 0 Å². The van der Waals surface area contributed by atoms with Crippen molar-refractivity contribution in [3.63, 3.8) is 0 Å². The second-order valence-electron chi connectivity index (χ2n) is 9.05. The fourth-order valence-electron chi connectivity index (χ4n) is 3.45. The van der Waals surface area contributed by atoms with Gasteiger partial charge in [-0.1, -0.05) is 42.5 Å². The molecule has 1 aromatic heterocycles. The van der Waals surface area contributed by atoms with E-state index < -0.39 is 5.60 Å². The lowest BCUT2D eigenvalue weighted by Gasteiger charge is -2.34. The van der Waals surface area contributed by atoms with Gasteiger partial charge in [-0.3, -0.25) is 0 Å². The topological polar surface area (TPSA) is 85.8 Å². The van der Waals surface area contributed by atoms with E-state index in [2.05, 4.69) is 15.3 Å². The zero-order chi connectivity index (χ0) is 24.0. The summed E-state index contributed by atoms with van der Waals surface area (Å²) in [6.45, 7) is 7.50. The smallest absolute Gasteiger partial charge is 0.410 e. The average molecular weight is 463 g/mol. The predicted molar refractivity (Wildman–Crippen MR) is 129 cm³/mol. The lowest BCUT2D eigenvalue weighted by atomic mass is 10.1. The number of amides is 1. The third kappa shape index (κ3) is 6.68. The Morgan fingerprint density at radius 1 is 1.09 bits per heavy atom. The first kappa shape index (κ1) is 23.5. The van der Waals surface area contributed by atoms with E-state index in [4.69, 9.17) is 14.2 Å². The number of carbonyl (C=O) groups excluding carboxylic acids is 1. The Hall–Kier alpha value is -3.65. The Morgan fingerprint density at radius 3 is 2.47 bits per heavy atom. The molecule has 3 aromatic rings. The van der Waals surface area contributed by atoms with Crippen LogP contribution in [0.2, 0.25) is 0 Å². The van der Waals surface area contributed by atoms with Crippen molar-refractivity contribution in [1.29, 1.82) is 0 Å². The van der Waals surface area contributed by atoms with Crippen molar-refractivity contribution < 1.29 is 19.0 Å². The number of nitrogens with zero attached hydrogens (tertiary/aromatic N) is 3. The van der Waals surface area contributed by atoms with E-state index in [1.807, 2.05) is 75.4 Å². The maximum Gasteiger partial charge on any atom is 0.410 e. The maximum absolute atomic E-state index is 12.4. The second-order valence-corrected chi connectivity index (χ2v) is 9.05. The van der Waals surface area contributed by atoms with Gasteiger partial charge >= 0.3 is 6.09 Å². The number of carbonyl (C=O) groups is 1. The van der Waals surface area contributed by atoms with Gasteiger partial charge in [-0.2, -0.15) is 0 Å². The third-order valence-electron chi connectivity index (χ3n) is 5.13. The number of hydrogen-bond acceptors (Lipinski definition) is 7. The zero-order valence-electron chi connectivity index (χ0n) is 19.7. The largest absolute Gasteiger partial charge is 0.486 e. The molecule has 1 amide bonds. The third-order valence-corrected chi connectivity index (χ3v) is 5.13. The van der Waals surface area contributed by atoms with E-state index in [0.29, 0.717) is 38.0 Å². The lowest BCUT2D eigenvalue weighted by molar-refractivity contribution is -0.0432. The SMILES string of the molecule is CC(C)(C)OC(=O)N1CCOC(c2ccc(Nc3ncc(OCc4ccccc4)cn3)cc2)C1. The Kier molecular flexibility index (Phi) is 7.27. The highest BCUT2D eigenvalue weighted by Crippen LogP contribution is 2.25. The number of anilines is 2. The normalized spacial score (nSPS) is 16.1. The Labute approximate surface area is 199 Å². The van der Waals surface area contributed by atoms with Gasteiger partial charge in [0, 0.05) is 12.2 Å². The summed E-state index contributed by atoms with van der Waals surface area (Å²) in [6, 6.07) is 17.8. The van der Waals surface area contributed by atoms with Crippen LogP contribution in [-0.2, 0) is 16.1 Å². The van der Waals surface area contributed by atoms with Gasteiger partial charge in [-0.25, -0.2) is 14.8 Å². The van der Waals surface area contributed by atoms with Crippen LogP contribution in [0.1, 0.15) is 38.0 Å². The molecule has 2 aromatic carbocycles. The average Bonchev–Trinajstić information content (AvgIpc) is 2.84. The van der Waals surface area contributed by atoms with Crippen molar-refractivity contribution >= 4 is 17.7 Å². The lowest BCUT2D eigenvalue weighted by Crippen LogP contribution is -2.44. The highest BCUT2D eigenvalue weighted by molar-refractivity contribution is 5.68. The monoisotopic (exact) mass is 462 g/mol. The first-order valence-electron chi connectivity index (χ1n) is 11.3. The standard InChI is InChI=1S/C26H30N4O4/c1-26(2,3)34-25(31)30-13-14-32-23(17-30)20-9-11-21(12-10-20)29-24-27-15-22(16-28-24)33-18-19-7-5-4-6-8-19/h4-12,15-16,23H,13-14,17-18H2,1-3H3,(H,27,28,29). The fourth-order valence-corrected chi connectivity index (χ4v) is 3.45. The van der Waals surface area contributed by atoms with Gasteiger partial charge in [0.2, 0.25) is 5.95 Å². The van der Waals surface area contributed by atoms with Gasteiger partial charge in [0.15, 0.2) is 5.75 Å². The number of aromatic nitrogens is 2. The summed E-state index contributed by atoms with van der Waals surface area (Å²) in [7, 11) is 0. The molecular formula is C26H30N4O4. The van der Waals surface area contributed by atoms with E-state index in [1.165, 1.54) is 0 Å². The number of nitrogens with one attached hydrogen (secondary N) is 1. The number of morpholine rings is 1. The van der Waals surface area contributed by atoms with E-state index in [0.717, 1.165) is 16.8 Å². The molecule has 1 unspecified atom stereocenters. The molecule has 2 heterocycles. The molecule has 8 heteroatoms. The van der Waals surface area contributed by atoms with Crippen LogP contribution in [-0.4, -0.2) is 46.3 Å². The van der Waals surface area contributed by atoms with Crippen LogP contribution >= 0.6 is 0 Å². The fraction of sp³-hybridized carbons (Fsp3) is 0.346. The van der Waals surface area contributed by atoms with Crippen molar-refractivity contribution in [2.45, 2.75) is 39.1 Å². The molecule has 0 radical (unpaired) electrons. The summed E-state index contributed by atoms with van der Waals surface area (Å²) in [5.41, 5.74) is 2.40. The van der Waals surface area contributed by atoms with Crippen molar-refractivity contribution in [3.8, 4) is 5.75 Å². The highest BCUT2D eigenvalue weighted by Gasteiger charge is 2.28. The molecule has 1 N–H and O–H groups in total. The number of hydrogen-bond donors (Lipinski definition) is 1. The first-order chi connectivity index (χ1) is 16.4. The van der Waals surface area contributed by atoms with Gasteiger partial charge in [0.1, 0.15) is 18.3 Å². The molecule has 1 aliphatic heterocycles. The highest BCUT2D eigenvalue weighted by atomic mass is 16.6. The van der Waals surface area contributed by atoms with E-state index in [-0.39, 0.29) is 12.2 Å². The van der Waals surface area contributed by atoms with Crippen LogP contribution in [0, 0.1) is 0 Å². The molecule has 1 fully saturated rings. The molecule has 0 spiro atoms. The summed E-state index contributed by atoms with van der Waals surface area (Å²) in [5.74, 6) is 1.08. The maximum atomic E-state index is 12.4. The van der Waals surface area contributed by atoms with E-state index in [9.17, 15) is 4.79 Å². The molecule has 0 saturated carbocycles. The molecule has 0 bridgehead atoms. The summed E-state index contributed by atoms with van der Waals surface area (Å²) in [5, 5.41) is 3.18. The molecule has 8 nitrogen and oxygen atoms in total. The molecule has 1 aliphatic rings. The molecule has 1 saturated heterocycles. The van der Waals surface area contributed by atoms with Crippen LogP contribution in [0.25, 0.3) is 0 Å². The minimum Gasteiger partial charge on any atom is -0.486 e. The second kappa shape index (κ2) is 10.5.